The number of hydrogen-bond donors (Lipinski definition) is 0. The maximum atomic E-state index is 14.0. The molecule has 6 rings (SSSR count). The molecule has 0 aliphatic carbocycles. The Labute approximate surface area is 233 Å². The molecule has 7 heteroatoms. The maximum absolute atomic E-state index is 14.0. The van der Waals surface area contributed by atoms with E-state index < -0.39 is 6.04 Å². The molecule has 2 aliphatic heterocycles. The van der Waals surface area contributed by atoms with Crippen molar-refractivity contribution in [3.63, 3.8) is 0 Å². The first-order chi connectivity index (χ1) is 19.5. The number of nitrogens with zero attached hydrogens (tertiary/aromatic N) is 2. The monoisotopic (exact) mass is 538 g/mol. The van der Waals surface area contributed by atoms with Gasteiger partial charge < -0.3 is 18.8 Å². The summed E-state index contributed by atoms with van der Waals surface area (Å²) in [4.78, 5) is 32.0. The average Bonchev–Trinajstić information content (AvgIpc) is 3.26. The first kappa shape index (κ1) is 26.3. The van der Waals surface area contributed by atoms with Crippen molar-refractivity contribution in [1.82, 2.24) is 9.80 Å². The number of hydrogen-bond acceptors (Lipinski definition) is 6. The van der Waals surface area contributed by atoms with Gasteiger partial charge in [-0.2, -0.15) is 0 Å². The Morgan fingerprint density at radius 2 is 1.68 bits per heavy atom. The van der Waals surface area contributed by atoms with Crippen LogP contribution in [-0.4, -0.2) is 55.1 Å². The molecular weight excluding hydrogens is 504 g/mol. The topological polar surface area (TPSA) is 72.2 Å². The minimum Gasteiger partial charge on any atom is -0.489 e. The molecule has 1 amide bonds. The number of carbonyl (C=O) groups is 1. The molecule has 3 heterocycles. The zero-order valence-corrected chi connectivity index (χ0v) is 23.0. The molecule has 1 atom stereocenters. The van der Waals surface area contributed by atoms with Crippen molar-refractivity contribution in [3.8, 4) is 5.75 Å². The van der Waals surface area contributed by atoms with Gasteiger partial charge in [-0.05, 0) is 66.8 Å². The Bertz CT molecular complexity index is 1590. The van der Waals surface area contributed by atoms with E-state index in [0.717, 1.165) is 61.5 Å². The normalized spacial score (nSPS) is 17.4. The summed E-state index contributed by atoms with van der Waals surface area (Å²) in [6.07, 6.45) is 0.784. The van der Waals surface area contributed by atoms with Crippen LogP contribution in [-0.2, 0) is 11.3 Å². The highest BCUT2D eigenvalue weighted by Crippen LogP contribution is 2.39. The van der Waals surface area contributed by atoms with E-state index in [-0.39, 0.29) is 17.1 Å². The minimum absolute atomic E-state index is 0.146. The number of ether oxygens (including phenoxy) is 2. The van der Waals surface area contributed by atoms with Crippen LogP contribution in [0.1, 0.15) is 50.8 Å². The van der Waals surface area contributed by atoms with Crippen molar-refractivity contribution in [2.75, 3.05) is 39.4 Å². The summed E-state index contributed by atoms with van der Waals surface area (Å²) in [5.74, 6) is 0.592. The molecule has 0 saturated carbocycles. The third kappa shape index (κ3) is 5.15. The molecule has 0 unspecified atom stereocenters. The van der Waals surface area contributed by atoms with Crippen molar-refractivity contribution in [1.29, 1.82) is 0 Å². The van der Waals surface area contributed by atoms with Gasteiger partial charge in [0, 0.05) is 26.2 Å². The van der Waals surface area contributed by atoms with Crippen molar-refractivity contribution in [2.24, 2.45) is 0 Å². The highest BCUT2D eigenvalue weighted by atomic mass is 16.5. The van der Waals surface area contributed by atoms with Gasteiger partial charge in [0.1, 0.15) is 17.9 Å². The molecule has 7 nitrogen and oxygen atoms in total. The van der Waals surface area contributed by atoms with Gasteiger partial charge in [-0.3, -0.25) is 14.5 Å². The molecule has 206 valence electrons. The highest BCUT2D eigenvalue weighted by molar-refractivity contribution is 5.99. The van der Waals surface area contributed by atoms with E-state index in [0.29, 0.717) is 35.4 Å². The number of morpholine rings is 1. The van der Waals surface area contributed by atoms with Crippen LogP contribution >= 0.6 is 0 Å². The molecule has 40 heavy (non-hydrogen) atoms. The second-order valence-electron chi connectivity index (χ2n) is 10.7. The van der Waals surface area contributed by atoms with Crippen LogP contribution in [0.25, 0.3) is 11.0 Å². The molecular formula is C33H34N2O5. The molecule has 1 fully saturated rings. The van der Waals surface area contributed by atoms with Gasteiger partial charge in [-0.25, -0.2) is 0 Å². The van der Waals surface area contributed by atoms with E-state index in [1.54, 1.807) is 4.90 Å². The number of carbonyl (C=O) groups excluding carboxylic acids is 1. The fourth-order valence-corrected chi connectivity index (χ4v) is 5.66. The predicted molar refractivity (Wildman–Crippen MR) is 154 cm³/mol. The van der Waals surface area contributed by atoms with E-state index in [9.17, 15) is 9.59 Å². The molecule has 1 saturated heterocycles. The SMILES string of the molecule is Cc1cc2oc3c(c(=O)c2cc1C)[C@H](c1cccc(OCc2ccccc2)c1)N(CCCN1CCOCC1)C3=O. The van der Waals surface area contributed by atoms with Crippen LogP contribution in [0.4, 0.5) is 0 Å². The molecule has 3 aromatic carbocycles. The van der Waals surface area contributed by atoms with Gasteiger partial charge in [-0.1, -0.05) is 42.5 Å². The van der Waals surface area contributed by atoms with Gasteiger partial charge >= 0.3 is 0 Å². The van der Waals surface area contributed by atoms with Gasteiger partial charge in [-0.15, -0.1) is 0 Å². The zero-order chi connectivity index (χ0) is 27.6. The Balaban J connectivity index is 1.36. The van der Waals surface area contributed by atoms with Gasteiger partial charge in [0.15, 0.2) is 5.43 Å². The van der Waals surface area contributed by atoms with Crippen LogP contribution in [0, 0.1) is 13.8 Å². The second kappa shape index (κ2) is 11.3. The summed E-state index contributed by atoms with van der Waals surface area (Å²) in [5.41, 5.74) is 4.64. The maximum Gasteiger partial charge on any atom is 0.290 e. The van der Waals surface area contributed by atoms with Gasteiger partial charge in [0.25, 0.3) is 5.91 Å². The molecule has 1 aromatic heterocycles. The third-order valence-corrected chi connectivity index (χ3v) is 7.98. The average molecular weight is 539 g/mol. The zero-order valence-electron chi connectivity index (χ0n) is 23.0. The predicted octanol–water partition coefficient (Wildman–Crippen LogP) is 5.26. The third-order valence-electron chi connectivity index (χ3n) is 7.98. The quantitative estimate of drug-likeness (QED) is 0.305. The Kier molecular flexibility index (Phi) is 7.41. The molecule has 0 bridgehead atoms. The van der Waals surface area contributed by atoms with Crippen molar-refractivity contribution in [2.45, 2.75) is 32.9 Å². The first-order valence-corrected chi connectivity index (χ1v) is 14.0. The number of fused-ring (bicyclic) bond motifs is 2. The first-order valence-electron chi connectivity index (χ1n) is 14.0. The summed E-state index contributed by atoms with van der Waals surface area (Å²) in [7, 11) is 0. The fraction of sp³-hybridized carbons (Fsp3) is 0.333. The largest absolute Gasteiger partial charge is 0.489 e. The number of aryl methyl sites for hydroxylation is 2. The lowest BCUT2D eigenvalue weighted by Crippen LogP contribution is -2.38. The van der Waals surface area contributed by atoms with Crippen LogP contribution in [0.5, 0.6) is 5.75 Å². The standard InChI is InChI=1S/C33H34N2O5/c1-22-18-27-28(19-23(22)2)40-32-29(31(27)36)30(35(33(32)37)13-7-12-34-14-16-38-17-15-34)25-10-6-11-26(20-25)39-21-24-8-4-3-5-9-24/h3-6,8-11,18-20,30H,7,12-17,21H2,1-2H3/t30-/m0/s1. The second-order valence-corrected chi connectivity index (χ2v) is 10.7. The van der Waals surface area contributed by atoms with Crippen molar-refractivity contribution >= 4 is 16.9 Å². The van der Waals surface area contributed by atoms with Gasteiger partial charge in [0.05, 0.1) is 30.2 Å². The molecule has 0 radical (unpaired) electrons. The highest BCUT2D eigenvalue weighted by Gasteiger charge is 2.42. The summed E-state index contributed by atoms with van der Waals surface area (Å²) in [6.45, 7) is 9.00. The minimum atomic E-state index is -0.547. The lowest BCUT2D eigenvalue weighted by atomic mass is 9.97. The summed E-state index contributed by atoms with van der Waals surface area (Å²) in [5, 5.41) is 0.506. The van der Waals surface area contributed by atoms with Crippen LogP contribution < -0.4 is 10.2 Å². The van der Waals surface area contributed by atoms with Crippen LogP contribution in [0.15, 0.2) is 75.9 Å². The van der Waals surface area contributed by atoms with Crippen molar-refractivity contribution < 1.29 is 18.7 Å². The lowest BCUT2D eigenvalue weighted by molar-refractivity contribution is 0.0353. The molecule has 4 aromatic rings. The summed E-state index contributed by atoms with van der Waals surface area (Å²) < 4.78 is 17.8. The molecule has 0 N–H and O–H groups in total. The van der Waals surface area contributed by atoms with E-state index in [2.05, 4.69) is 4.90 Å². The number of rotatable bonds is 8. The van der Waals surface area contributed by atoms with E-state index in [1.165, 1.54) is 0 Å². The van der Waals surface area contributed by atoms with E-state index >= 15 is 0 Å². The Morgan fingerprint density at radius 3 is 2.48 bits per heavy atom. The van der Waals surface area contributed by atoms with Crippen molar-refractivity contribution in [3.05, 3.63) is 111 Å². The van der Waals surface area contributed by atoms with Gasteiger partial charge in [0.2, 0.25) is 5.76 Å². The Hall–Kier alpha value is -3.94. The summed E-state index contributed by atoms with van der Waals surface area (Å²) >= 11 is 0. The fourth-order valence-electron chi connectivity index (χ4n) is 5.66. The van der Waals surface area contributed by atoms with Crippen LogP contribution in [0.3, 0.4) is 0 Å². The number of benzene rings is 3. The smallest absolute Gasteiger partial charge is 0.290 e. The molecule has 0 spiro atoms. The molecule has 2 aliphatic rings. The Morgan fingerprint density at radius 1 is 0.900 bits per heavy atom. The van der Waals surface area contributed by atoms with E-state index in [1.807, 2.05) is 80.6 Å². The summed E-state index contributed by atoms with van der Waals surface area (Å²) in [6, 6.07) is 20.9. The number of amides is 1. The van der Waals surface area contributed by atoms with E-state index in [4.69, 9.17) is 13.9 Å². The van der Waals surface area contributed by atoms with Crippen LogP contribution in [0.2, 0.25) is 0 Å². The lowest BCUT2D eigenvalue weighted by Gasteiger charge is -2.29.